The fourth-order valence-corrected chi connectivity index (χ4v) is 1.29. The summed E-state index contributed by atoms with van der Waals surface area (Å²) in [6.45, 7) is 6.42. The average molecular weight is 316 g/mol. The van der Waals surface area contributed by atoms with E-state index in [-0.39, 0.29) is 36.2 Å². The molecule has 0 heterocycles. The van der Waals surface area contributed by atoms with Crippen molar-refractivity contribution in [3.05, 3.63) is 23.3 Å². The minimum absolute atomic E-state index is 0. The molecule has 0 aliphatic heterocycles. The van der Waals surface area contributed by atoms with Crippen LogP contribution in [0.2, 0.25) is 0 Å². The van der Waals surface area contributed by atoms with Gasteiger partial charge < -0.3 is 15.0 Å². The average Bonchev–Trinajstić information content (AvgIpc) is 2.13. The van der Waals surface area contributed by atoms with E-state index in [1.165, 1.54) is 11.1 Å². The van der Waals surface area contributed by atoms with E-state index >= 15 is 0 Å². The topological polar surface area (TPSA) is 115 Å². The third-order valence-electron chi connectivity index (χ3n) is 1.83. The Morgan fingerprint density at radius 1 is 1.20 bits per heavy atom. The molecule has 0 saturated heterocycles. The van der Waals surface area contributed by atoms with E-state index in [4.69, 9.17) is 9.66 Å². The summed E-state index contributed by atoms with van der Waals surface area (Å²) >= 11 is 0. The van der Waals surface area contributed by atoms with E-state index < -0.39 is 21.8 Å². The van der Waals surface area contributed by atoms with Crippen molar-refractivity contribution in [1.82, 2.24) is 0 Å². The van der Waals surface area contributed by atoms with Crippen LogP contribution in [0.5, 0.6) is 0 Å². The molecule has 0 radical (unpaired) electrons. The van der Waals surface area contributed by atoms with Crippen LogP contribution in [0.4, 0.5) is 0 Å². The van der Waals surface area contributed by atoms with Gasteiger partial charge in [-0.2, -0.15) is 8.42 Å². The van der Waals surface area contributed by atoms with Crippen molar-refractivity contribution in [2.75, 3.05) is 12.4 Å². The molecule has 6 nitrogen and oxygen atoms in total. The van der Waals surface area contributed by atoms with Crippen molar-refractivity contribution in [2.45, 2.75) is 33.6 Å². The molecule has 8 heteroatoms. The monoisotopic (exact) mass is 316 g/mol. The second-order valence-corrected chi connectivity index (χ2v) is 5.60. The smallest absolute Gasteiger partial charge is 0.549 e. The number of aliphatic hydroxyl groups is 1. The zero-order valence-corrected chi connectivity index (χ0v) is 15.2. The molecule has 0 fully saturated rings. The van der Waals surface area contributed by atoms with Gasteiger partial charge in [0.05, 0.1) is 12.6 Å². The van der Waals surface area contributed by atoms with E-state index in [0.717, 1.165) is 12.8 Å². The molecule has 0 aromatic carbocycles. The Morgan fingerprint density at radius 2 is 1.70 bits per heavy atom. The third kappa shape index (κ3) is 26.4. The second-order valence-electron chi connectivity index (χ2n) is 4.15. The van der Waals surface area contributed by atoms with Crippen LogP contribution >= 0.6 is 0 Å². The first-order chi connectivity index (χ1) is 8.58. The number of hydrogen-bond donors (Lipinski definition) is 2. The molecule has 20 heavy (non-hydrogen) atoms. The van der Waals surface area contributed by atoms with E-state index in [0.29, 0.717) is 0 Å². The van der Waals surface area contributed by atoms with E-state index in [1.807, 2.05) is 6.08 Å². The van der Waals surface area contributed by atoms with Crippen LogP contribution in [0, 0.1) is 0 Å². The van der Waals surface area contributed by atoms with Crippen molar-refractivity contribution in [3.8, 4) is 0 Å². The Kier molecular flexibility index (Phi) is 17.1. The summed E-state index contributed by atoms with van der Waals surface area (Å²) in [7, 11) is -4.39. The van der Waals surface area contributed by atoms with Gasteiger partial charge in [-0.1, -0.05) is 23.3 Å². The zero-order chi connectivity index (χ0) is 15.5. The van der Waals surface area contributed by atoms with Gasteiger partial charge in [-0.05, 0) is 33.6 Å². The first-order valence-corrected chi connectivity index (χ1v) is 7.24. The fourth-order valence-electron chi connectivity index (χ4n) is 0.995. The molecule has 0 aromatic heterocycles. The molecule has 0 bridgehead atoms. The number of allylic oxidation sites excluding steroid dienone is 3. The Morgan fingerprint density at radius 3 is 1.95 bits per heavy atom. The largest absolute Gasteiger partial charge is 1.00 e. The molecule has 112 valence electrons. The predicted octanol–water partition coefficient (Wildman–Crippen LogP) is -2.70. The summed E-state index contributed by atoms with van der Waals surface area (Å²) < 4.78 is 26.9. The molecule has 0 unspecified atom stereocenters. The van der Waals surface area contributed by atoms with Crippen LogP contribution in [0.1, 0.15) is 33.6 Å². The molecule has 2 N–H and O–H groups in total. The van der Waals surface area contributed by atoms with E-state index in [1.54, 1.807) is 0 Å². The van der Waals surface area contributed by atoms with Crippen molar-refractivity contribution < 1.29 is 57.5 Å². The summed E-state index contributed by atoms with van der Waals surface area (Å²) in [4.78, 5) is 9.36. The molecule has 0 aliphatic carbocycles. The van der Waals surface area contributed by atoms with Crippen LogP contribution < -0.4 is 34.7 Å². The summed E-state index contributed by atoms with van der Waals surface area (Å²) in [6.07, 6.45) is 6.23. The van der Waals surface area contributed by atoms with Crippen molar-refractivity contribution in [3.63, 3.8) is 0 Å². The van der Waals surface area contributed by atoms with Gasteiger partial charge >= 0.3 is 29.6 Å². The Balaban J connectivity index is -0.000000288. The minimum Gasteiger partial charge on any atom is -0.549 e. The molecule has 0 spiro atoms. The third-order valence-corrected chi connectivity index (χ3v) is 2.43. The number of carbonyl (C=O) groups excluding carboxylic acids is 1. The fraction of sp³-hybridized carbons (Fsp3) is 0.583. The van der Waals surface area contributed by atoms with Crippen molar-refractivity contribution in [1.29, 1.82) is 0 Å². The summed E-state index contributed by atoms with van der Waals surface area (Å²) in [5, 5.41) is 17.9. The maximum Gasteiger partial charge on any atom is 1.00 e. The Bertz CT molecular complexity index is 421. The molecule has 0 atom stereocenters. The maximum absolute atomic E-state index is 9.58. The van der Waals surface area contributed by atoms with Crippen molar-refractivity contribution in [2.24, 2.45) is 0 Å². The molecule has 0 saturated carbocycles. The van der Waals surface area contributed by atoms with Gasteiger partial charge in [0, 0.05) is 0 Å². The number of rotatable bonds is 6. The summed E-state index contributed by atoms with van der Waals surface area (Å²) in [5.74, 6) is -3.15. The molecule has 0 aliphatic rings. The maximum atomic E-state index is 9.58. The van der Waals surface area contributed by atoms with Crippen LogP contribution in [-0.2, 0) is 14.9 Å². The van der Waals surface area contributed by atoms with Gasteiger partial charge in [-0.15, -0.1) is 0 Å². The van der Waals surface area contributed by atoms with Gasteiger partial charge in [0.1, 0.15) is 5.75 Å². The number of aliphatic carboxylic acids is 1. The molecular weight excluding hydrogens is 295 g/mol. The van der Waals surface area contributed by atoms with Gasteiger partial charge in [0.2, 0.25) is 0 Å². The molecule has 0 aromatic rings. The first-order valence-electron chi connectivity index (χ1n) is 5.63. The van der Waals surface area contributed by atoms with Crippen LogP contribution in [0.25, 0.3) is 0 Å². The van der Waals surface area contributed by atoms with Crippen LogP contribution in [0.15, 0.2) is 23.3 Å². The number of carboxylic acids is 1. The number of hydrogen-bond acceptors (Lipinski definition) is 5. The number of aliphatic hydroxyl groups excluding tert-OH is 1. The molecule has 0 rings (SSSR count). The standard InChI is InChI=1S/C10H18O.C2H4O5S.Na/c1-9(2)5-4-6-10(3)7-8-11;3-2(4)1-8(5,6)7;/h5,7,11H,4,6,8H2,1-3H3;1H2,(H,3,4)(H,5,6,7);/q;;+1/p-1/b10-7+;;. The summed E-state index contributed by atoms with van der Waals surface area (Å²) in [5.41, 5.74) is 2.63. The number of carboxylic acid groups (broad SMARTS) is 1. The zero-order valence-electron chi connectivity index (χ0n) is 12.4. The normalized spacial score (nSPS) is 10.8. The SMILES string of the molecule is CC(C)=CCC/C(C)=C/CO.O=C([O-])CS(=O)(=O)O.[Na+]. The Hall–Kier alpha value is -0.180. The molecular formula is C12H21NaO6S. The van der Waals surface area contributed by atoms with E-state index in [2.05, 4.69) is 26.8 Å². The predicted molar refractivity (Wildman–Crippen MR) is 70.9 cm³/mol. The van der Waals surface area contributed by atoms with Crippen LogP contribution in [0.3, 0.4) is 0 Å². The quantitative estimate of drug-likeness (QED) is 0.313. The van der Waals surface area contributed by atoms with Crippen LogP contribution in [-0.4, -0.2) is 36.4 Å². The Labute approximate surface area is 142 Å². The summed E-state index contributed by atoms with van der Waals surface area (Å²) in [6, 6.07) is 0. The van der Waals surface area contributed by atoms with Gasteiger partial charge in [0.15, 0.2) is 0 Å². The first kappa shape index (κ1) is 24.8. The van der Waals surface area contributed by atoms with E-state index in [9.17, 15) is 18.3 Å². The van der Waals surface area contributed by atoms with Gasteiger partial charge in [-0.3, -0.25) is 4.55 Å². The second kappa shape index (κ2) is 13.8. The van der Waals surface area contributed by atoms with Crippen molar-refractivity contribution >= 4 is 16.1 Å². The number of carbonyl (C=O) groups is 1. The van der Waals surface area contributed by atoms with Gasteiger partial charge in [0.25, 0.3) is 10.1 Å². The van der Waals surface area contributed by atoms with Gasteiger partial charge in [-0.25, -0.2) is 0 Å². The minimum atomic E-state index is -4.39. The molecule has 0 amide bonds.